The number of hydrogen-bond acceptors (Lipinski definition) is 33. The lowest BCUT2D eigenvalue weighted by atomic mass is 9.96. The molecular weight excluding hydrogens is 1880 g/mol. The molecule has 15 rings (SSSR count). The Balaban J connectivity index is 0.000000155. The van der Waals surface area contributed by atoms with Crippen LogP contribution >= 0.6 is 72.4 Å². The molecule has 6 fully saturated rings. The van der Waals surface area contributed by atoms with Crippen LogP contribution in [0.4, 0.5) is 18.4 Å². The van der Waals surface area contributed by atoms with Gasteiger partial charge < -0.3 is 83.3 Å². The summed E-state index contributed by atoms with van der Waals surface area (Å²) in [7, 11) is -40.5. The Bertz CT molecular complexity index is 5900. The van der Waals surface area contributed by atoms with Crippen molar-refractivity contribution in [3.63, 3.8) is 0 Å². The summed E-state index contributed by atoms with van der Waals surface area (Å²) in [6, 6.07) is 37.0. The number of halogens is 3. The van der Waals surface area contributed by atoms with Gasteiger partial charge in [-0.1, -0.05) is 103 Å². The molecule has 12 N–H and O–H groups in total. The van der Waals surface area contributed by atoms with Gasteiger partial charge in [-0.2, -0.15) is 0 Å². The van der Waals surface area contributed by atoms with Gasteiger partial charge in [0.25, 0.3) is 20.3 Å². The Morgan fingerprint density at radius 2 is 0.859 bits per heavy atom. The average Bonchev–Trinajstić information content (AvgIpc) is 0.810. The van der Waals surface area contributed by atoms with E-state index in [2.05, 4.69) is 24.7 Å². The first-order chi connectivity index (χ1) is 60.2. The van der Waals surface area contributed by atoms with Crippen LogP contribution in [0, 0.1) is 11.6 Å². The SMILES string of the molecule is COc1ccc(F)c(C2OP(=O)(O)C(O)(Cc3cccnc3)P(=O)(O)O2)c1F.O=C(Cc1ccccc1)Oc1ccc(C2OP(=O)(O)C(O)(Cc3cccnc3)P(=O)(O)O2)cc1.O=C(Oc1ccccc1C1OP(=O)(O)C(O)(Cc2cccnc2)P(=O)(O)O1)OC1CCC1.O=C1CCCN1C(=O)Oc1ccc(C2OP(=O)(O)C(O)(Cc3cccnc3)P(=O)(O)O2)cc1Cl. The molecule has 5 aliphatic heterocycles. The van der Waals surface area contributed by atoms with E-state index in [9.17, 15) is 124 Å². The van der Waals surface area contributed by atoms with Gasteiger partial charge in [-0.05, 0) is 120 Å². The monoisotopic (exact) mass is 1960 g/mol. The molecule has 9 aromatic rings. The number of rotatable bonds is 19. The van der Waals surface area contributed by atoms with Crippen LogP contribution in [-0.4, -0.2) is 149 Å². The number of benzene rings is 5. The van der Waals surface area contributed by atoms with Crippen LogP contribution in [0.1, 0.15) is 107 Å². The quantitative estimate of drug-likeness (QED) is 0.0155. The van der Waals surface area contributed by atoms with E-state index in [-0.39, 0.29) is 92.6 Å². The van der Waals surface area contributed by atoms with Gasteiger partial charge >= 0.3 is 79.0 Å². The van der Waals surface area contributed by atoms with Crippen LogP contribution in [0.15, 0.2) is 207 Å². The van der Waals surface area contributed by atoms with E-state index in [1.54, 1.807) is 24.3 Å². The van der Waals surface area contributed by atoms with Gasteiger partial charge in [-0.15, -0.1) is 0 Å². The fourth-order valence-corrected chi connectivity index (χ4v) is 27.1. The third-order valence-electron chi connectivity index (χ3n) is 19.7. The topological polar surface area (TPSA) is 622 Å². The summed E-state index contributed by atoms with van der Waals surface area (Å²) in [5, 5.41) is 30.1. The van der Waals surface area contributed by atoms with E-state index in [1.165, 1.54) is 159 Å². The van der Waals surface area contributed by atoms with E-state index in [4.69, 9.17) is 66.7 Å². The number of hydrogen-bond donors (Lipinski definition) is 12. The van der Waals surface area contributed by atoms with Crippen molar-refractivity contribution in [1.29, 1.82) is 0 Å². The van der Waals surface area contributed by atoms with Crippen LogP contribution in [0.2, 0.25) is 5.02 Å². The van der Waals surface area contributed by atoms with Gasteiger partial charge in [0.15, 0.2) is 17.3 Å². The number of ether oxygens (including phenoxy) is 5. The van der Waals surface area contributed by atoms with Crippen LogP contribution in [0.5, 0.6) is 23.0 Å². The van der Waals surface area contributed by atoms with E-state index < -0.39 is 173 Å². The maximum absolute atomic E-state index is 14.4. The number of carbonyl (C=O) groups is 4. The highest BCUT2D eigenvalue weighted by Crippen LogP contribution is 2.83. The Kier molecular flexibility index (Phi) is 30.3. The molecule has 4 aromatic heterocycles. The minimum Gasteiger partial charge on any atom is -0.494 e. The Hall–Kier alpha value is -8.63. The highest BCUT2D eigenvalue weighted by atomic mass is 35.5. The highest BCUT2D eigenvalue weighted by Gasteiger charge is 2.71. The number of likely N-dealkylation sites (tertiary alicyclic amines) is 1. The second kappa shape index (κ2) is 39.4. The largest absolute Gasteiger partial charge is 0.514 e. The van der Waals surface area contributed by atoms with Crippen molar-refractivity contribution in [1.82, 2.24) is 24.8 Å². The van der Waals surface area contributed by atoms with E-state index in [1.807, 2.05) is 6.07 Å². The summed E-state index contributed by atoms with van der Waals surface area (Å²) in [4.78, 5) is 147. The predicted octanol–water partition coefficient (Wildman–Crippen LogP) is 12.8. The van der Waals surface area contributed by atoms with Crippen LogP contribution in [-0.2, 0) is 119 Å². The first kappa shape index (κ1) is 98.4. The van der Waals surface area contributed by atoms with Gasteiger partial charge in [-0.3, -0.25) is 102 Å². The Morgan fingerprint density at radius 3 is 1.26 bits per heavy atom. The zero-order valence-electron chi connectivity index (χ0n) is 65.8. The molecule has 6 aliphatic rings. The van der Waals surface area contributed by atoms with Crippen LogP contribution in [0.25, 0.3) is 0 Å². The van der Waals surface area contributed by atoms with Gasteiger partial charge in [-0.25, -0.2) is 23.3 Å². The summed E-state index contributed by atoms with van der Waals surface area (Å²) < 4.78 is 196. The molecule has 9 heterocycles. The molecule has 5 aromatic carbocycles. The van der Waals surface area contributed by atoms with Gasteiger partial charge in [0.2, 0.25) is 31.1 Å². The lowest BCUT2D eigenvalue weighted by molar-refractivity contribution is -0.133. The maximum atomic E-state index is 14.4. The average molecular weight is 1960 g/mol. The molecule has 8 atom stereocenters. The molecule has 0 spiro atoms. The van der Waals surface area contributed by atoms with E-state index in [0.717, 1.165) is 55.0 Å². The molecule has 1 saturated carbocycles. The summed E-state index contributed by atoms with van der Waals surface area (Å²) in [6.07, 6.45) is 0.916. The second-order valence-corrected chi connectivity index (χ2v) is 46.3. The fourth-order valence-electron chi connectivity index (χ4n) is 12.6. The minimum atomic E-state index is -5.36. The summed E-state index contributed by atoms with van der Waals surface area (Å²) in [5.41, 5.74) is 0.444. The van der Waals surface area contributed by atoms with Crippen molar-refractivity contribution in [2.24, 2.45) is 0 Å². The number of esters is 1. The molecule has 0 bridgehead atoms. The zero-order valence-corrected chi connectivity index (χ0v) is 73.7. The molecule has 8 unspecified atom stereocenters. The lowest BCUT2D eigenvalue weighted by Crippen LogP contribution is -2.38. The summed E-state index contributed by atoms with van der Waals surface area (Å²) in [5.74, 6) is -4.06. The number of aliphatic hydroxyl groups is 4. The van der Waals surface area contributed by atoms with Gasteiger partial charge in [0.1, 0.15) is 23.4 Å². The molecule has 2 amide bonds. The van der Waals surface area contributed by atoms with Gasteiger partial charge in [0.05, 0.1) is 29.7 Å². The number of para-hydroxylation sites is 1. The second-order valence-electron chi connectivity index (χ2n) is 28.5. The van der Waals surface area contributed by atoms with E-state index >= 15 is 0 Å². The number of methoxy groups -OCH3 is 1. The van der Waals surface area contributed by atoms with Crippen molar-refractivity contribution >= 4 is 96.5 Å². The lowest BCUT2D eigenvalue weighted by Gasteiger charge is -2.41. The van der Waals surface area contributed by atoms with Gasteiger partial charge in [0, 0.05) is 99.4 Å². The van der Waals surface area contributed by atoms with Crippen molar-refractivity contribution < 1.29 is 184 Å². The number of nitrogens with zero attached hydrogens (tertiary/aromatic N) is 5. The van der Waals surface area contributed by atoms with Crippen molar-refractivity contribution in [3.05, 3.63) is 274 Å². The summed E-state index contributed by atoms with van der Waals surface area (Å²) in [6.45, 7) is 0.219. The smallest absolute Gasteiger partial charge is 0.494 e. The minimum absolute atomic E-state index is 0.0611. The fraction of sp³-hybridized carbons (Fsp3) is 0.280. The number of aromatic nitrogens is 4. The molecule has 128 heavy (non-hydrogen) atoms. The molecule has 1 aliphatic carbocycles. The van der Waals surface area contributed by atoms with E-state index in [0.29, 0.717) is 6.42 Å². The Morgan fingerprint density at radius 1 is 0.461 bits per heavy atom. The number of carbonyl (C=O) groups excluding carboxylic acids is 4. The number of pyridine rings is 4. The summed E-state index contributed by atoms with van der Waals surface area (Å²) >= 11 is 6.13. The molecule has 0 radical (unpaired) electrons. The number of amides is 2. The molecular formula is C75H76ClF2N5O37P8. The first-order valence-corrected chi connectivity index (χ1v) is 50.4. The van der Waals surface area contributed by atoms with Crippen LogP contribution < -0.4 is 18.9 Å². The standard InChI is InChI=1S/C22H21NO9P2.C19H19ClN2O10P2.C19H21NO10P2.C15H15F2NO8P2/c24-20(13-16-5-2-1-3-6-16)30-19-10-8-18(9-11-19)21-31-33(26,27)22(25,34(28,29)32-21)14-17-7-4-12-23-15-17;20-14-9-13(5-6-15(14)30-18(24)22-8-2-4-16(22)23)17-31-33(26,27)19(25,34(28,29)32-17)10-12-3-1-7-21-11-12;21-18(27-14-6-3-7-14)28-16-9-2-1-8-15(16)17-29-31(23,24)19(22,32(25,26)30-17)11-13-5-4-10-20-12-13;1-24-11-5-4-10(16)12(13(11)17)14-25-27(20,21)15(19,28(22,23)26-14)7-9-3-2-6-18-8-9/h1-12,15,21,25H,13-14H2,(H,26,27)(H,28,29);1,3,5-7,9,11,17,25H,2,4,8,10H2,(H,26,27)(H,28,29);1-2,4-5,8-10,12,14,17,22H,3,6-7,11H2,(H,23,24)(H,25,26);2-6,8,14,19H,7H2,1H3,(H,20,21)(H,22,23). The molecule has 53 heteroatoms. The van der Waals surface area contributed by atoms with Crippen LogP contribution in [0.3, 0.4) is 0 Å². The maximum Gasteiger partial charge on any atom is 0.514 e. The Labute approximate surface area is 728 Å². The molecule has 42 nitrogen and oxygen atoms in total. The number of imide groups is 1. The highest BCUT2D eigenvalue weighted by molar-refractivity contribution is 7.75. The zero-order chi connectivity index (χ0) is 92.9. The third-order valence-corrected chi connectivity index (χ3v) is 38.4. The van der Waals surface area contributed by atoms with Crippen molar-refractivity contribution in [2.75, 3.05) is 13.7 Å². The first-order valence-electron chi connectivity index (χ1n) is 37.4. The molecule has 684 valence electrons. The van der Waals surface area contributed by atoms with Crippen molar-refractivity contribution in [3.8, 4) is 23.0 Å². The molecule has 5 saturated heterocycles. The predicted molar refractivity (Wildman–Crippen MR) is 435 cm³/mol. The third kappa shape index (κ3) is 21.4. The van der Waals surface area contributed by atoms with Crippen molar-refractivity contribution in [2.45, 2.75) is 116 Å². The normalized spacial score (nSPS) is 31.4.